The van der Waals surface area contributed by atoms with Crippen LogP contribution in [0.1, 0.15) is 45.2 Å². The Kier molecular flexibility index (Phi) is 6.33. The number of aryl methyl sites for hydroxylation is 1. The summed E-state index contributed by atoms with van der Waals surface area (Å²) in [6, 6.07) is 7.16. The molecule has 0 saturated carbocycles. The Hall–Kier alpha value is -0.923. The van der Waals surface area contributed by atoms with Crippen molar-refractivity contribution in [1.82, 2.24) is 0 Å². The number of fused-ring (bicyclic) bond motifs is 1. The summed E-state index contributed by atoms with van der Waals surface area (Å²) >= 11 is 0. The Morgan fingerprint density at radius 1 is 1.12 bits per heavy atom. The van der Waals surface area contributed by atoms with E-state index in [1.165, 1.54) is 5.56 Å². The average molecular weight is 369 g/mol. The van der Waals surface area contributed by atoms with Crippen LogP contribution in [0.5, 0.6) is 5.75 Å². The highest BCUT2D eigenvalue weighted by Gasteiger charge is 2.44. The topological polar surface area (TPSA) is 46.2 Å². The van der Waals surface area contributed by atoms with Gasteiger partial charge in [-0.2, -0.15) is 0 Å². The molecule has 0 saturated heterocycles. The first-order valence-corrected chi connectivity index (χ1v) is 10.7. The number of rotatable bonds is 7. The Morgan fingerprint density at radius 3 is 2.32 bits per heavy atom. The van der Waals surface area contributed by atoms with E-state index in [9.17, 15) is 0 Å². The number of ether oxygens (including phenoxy) is 2. The maximum atomic E-state index is 6.17. The van der Waals surface area contributed by atoms with E-state index in [4.69, 9.17) is 22.8 Å². The van der Waals surface area contributed by atoms with Crippen LogP contribution in [-0.2, 0) is 31.0 Å². The zero-order chi connectivity index (χ0) is 18.7. The highest BCUT2D eigenvalue weighted by Crippen LogP contribution is 2.41. The van der Waals surface area contributed by atoms with Crippen molar-refractivity contribution in [3.05, 3.63) is 29.3 Å². The van der Waals surface area contributed by atoms with Crippen molar-refractivity contribution in [2.75, 3.05) is 21.3 Å². The van der Waals surface area contributed by atoms with E-state index in [0.29, 0.717) is 6.61 Å². The summed E-state index contributed by atoms with van der Waals surface area (Å²) in [5, 5.41) is 0. The second-order valence-electron chi connectivity index (χ2n) is 7.68. The van der Waals surface area contributed by atoms with E-state index in [1.807, 2.05) is 6.92 Å². The summed E-state index contributed by atoms with van der Waals surface area (Å²) in [6.07, 6.45) is 1.89. The van der Waals surface area contributed by atoms with E-state index in [0.717, 1.165) is 30.2 Å². The Balaban J connectivity index is 2.01. The van der Waals surface area contributed by atoms with E-state index >= 15 is 0 Å². The average Bonchev–Trinajstić information content (AvgIpc) is 2.58. The van der Waals surface area contributed by atoms with Crippen LogP contribution in [0.3, 0.4) is 0 Å². The van der Waals surface area contributed by atoms with Gasteiger partial charge in [0.25, 0.3) is 0 Å². The molecule has 0 bridgehead atoms. The number of hydrogen-bond donors (Lipinski definition) is 0. The zero-order valence-electron chi connectivity index (χ0n) is 16.6. The molecule has 0 amide bonds. The molecule has 1 aliphatic heterocycles. The van der Waals surface area contributed by atoms with Crippen LogP contribution in [0.4, 0.5) is 0 Å². The number of benzene rings is 1. The molecule has 1 unspecified atom stereocenters. The van der Waals surface area contributed by atoms with Gasteiger partial charge in [0, 0.05) is 45.3 Å². The van der Waals surface area contributed by atoms with Crippen LogP contribution >= 0.6 is 0 Å². The molecule has 0 aromatic heterocycles. The van der Waals surface area contributed by atoms with Gasteiger partial charge in [-0.05, 0) is 30.5 Å². The van der Waals surface area contributed by atoms with Gasteiger partial charge in [-0.25, -0.2) is 0 Å². The largest absolute Gasteiger partial charge is 0.500 e. The maximum absolute atomic E-state index is 6.17. The van der Waals surface area contributed by atoms with Crippen molar-refractivity contribution in [3.63, 3.8) is 0 Å². The van der Waals surface area contributed by atoms with Crippen LogP contribution in [0.2, 0.25) is 6.04 Å². The minimum atomic E-state index is -2.49. The van der Waals surface area contributed by atoms with Gasteiger partial charge in [0.2, 0.25) is 5.79 Å². The molecule has 1 aliphatic rings. The molecule has 5 nitrogen and oxygen atoms in total. The first kappa shape index (κ1) is 20.4. The van der Waals surface area contributed by atoms with Crippen molar-refractivity contribution >= 4 is 8.80 Å². The van der Waals surface area contributed by atoms with E-state index in [-0.39, 0.29) is 5.41 Å². The SMILES string of the molecule is CO[Si](CCCc1ccc2c(c1)COC(C)(C(C)(C)C)O2)(OC)OC. The molecule has 1 aromatic carbocycles. The molecule has 0 fully saturated rings. The standard InChI is InChI=1S/C19H32O5Si/c1-18(2,3)19(4)23-14-16-13-15(10-11-17(16)24-19)9-8-12-25(20-5,21-6)22-7/h10-11,13H,8-9,12,14H2,1-7H3. The number of hydrogen-bond acceptors (Lipinski definition) is 5. The van der Waals surface area contributed by atoms with Gasteiger partial charge in [0.1, 0.15) is 5.75 Å². The van der Waals surface area contributed by atoms with Gasteiger partial charge in [-0.3, -0.25) is 0 Å². The highest BCUT2D eigenvalue weighted by molar-refractivity contribution is 6.60. The predicted octanol–water partition coefficient (Wildman–Crippen LogP) is 4.17. The summed E-state index contributed by atoms with van der Waals surface area (Å²) in [4.78, 5) is 0. The predicted molar refractivity (Wildman–Crippen MR) is 99.6 cm³/mol. The third-order valence-corrected chi connectivity index (χ3v) is 8.01. The van der Waals surface area contributed by atoms with Gasteiger partial charge in [-0.1, -0.05) is 26.8 Å². The van der Waals surface area contributed by atoms with E-state index in [2.05, 4.69) is 39.0 Å². The van der Waals surface area contributed by atoms with Crippen LogP contribution in [0, 0.1) is 5.41 Å². The minimum Gasteiger partial charge on any atom is -0.462 e. The van der Waals surface area contributed by atoms with Gasteiger partial charge < -0.3 is 22.8 Å². The van der Waals surface area contributed by atoms with E-state index in [1.54, 1.807) is 21.3 Å². The molecule has 25 heavy (non-hydrogen) atoms. The normalized spacial score (nSPS) is 20.9. The molecule has 0 aliphatic carbocycles. The van der Waals surface area contributed by atoms with Gasteiger partial charge in [0.15, 0.2) is 0 Å². The Morgan fingerprint density at radius 2 is 1.76 bits per heavy atom. The summed E-state index contributed by atoms with van der Waals surface area (Å²) in [7, 11) is 2.47. The fraction of sp³-hybridized carbons (Fsp3) is 0.684. The molecular weight excluding hydrogens is 336 g/mol. The lowest BCUT2D eigenvalue weighted by atomic mass is 9.85. The smallest absolute Gasteiger partial charge is 0.462 e. The third-order valence-electron chi connectivity index (χ3n) is 5.18. The van der Waals surface area contributed by atoms with Gasteiger partial charge in [0.05, 0.1) is 6.61 Å². The van der Waals surface area contributed by atoms with Crippen LogP contribution < -0.4 is 4.74 Å². The summed E-state index contributed by atoms with van der Waals surface area (Å²) in [6.45, 7) is 8.97. The maximum Gasteiger partial charge on any atom is 0.500 e. The monoisotopic (exact) mass is 368 g/mol. The van der Waals surface area contributed by atoms with Crippen molar-refractivity contribution in [3.8, 4) is 5.75 Å². The molecule has 1 aromatic rings. The van der Waals surface area contributed by atoms with Gasteiger partial charge >= 0.3 is 8.80 Å². The molecule has 1 heterocycles. The second kappa shape index (κ2) is 7.76. The van der Waals surface area contributed by atoms with Crippen LogP contribution in [-0.4, -0.2) is 35.9 Å². The minimum absolute atomic E-state index is 0.0994. The Labute approximate surface area is 152 Å². The molecular formula is C19H32O5Si. The lowest BCUT2D eigenvalue weighted by Crippen LogP contribution is -2.49. The summed E-state index contributed by atoms with van der Waals surface area (Å²) < 4.78 is 28.6. The van der Waals surface area contributed by atoms with Crippen molar-refractivity contribution in [1.29, 1.82) is 0 Å². The molecule has 0 N–H and O–H groups in total. The molecule has 142 valence electrons. The van der Waals surface area contributed by atoms with Crippen LogP contribution in [0.25, 0.3) is 0 Å². The lowest BCUT2D eigenvalue weighted by molar-refractivity contribution is -0.249. The fourth-order valence-electron chi connectivity index (χ4n) is 2.89. The van der Waals surface area contributed by atoms with Crippen molar-refractivity contribution < 1.29 is 22.8 Å². The van der Waals surface area contributed by atoms with E-state index < -0.39 is 14.6 Å². The first-order chi connectivity index (χ1) is 11.7. The van der Waals surface area contributed by atoms with Gasteiger partial charge in [-0.15, -0.1) is 0 Å². The van der Waals surface area contributed by atoms with Crippen molar-refractivity contribution in [2.24, 2.45) is 5.41 Å². The van der Waals surface area contributed by atoms with Crippen LogP contribution in [0.15, 0.2) is 18.2 Å². The lowest BCUT2D eigenvalue weighted by Gasteiger charge is -2.44. The van der Waals surface area contributed by atoms with Crippen molar-refractivity contribution in [2.45, 2.75) is 59.0 Å². The third kappa shape index (κ3) is 4.44. The molecule has 6 heteroatoms. The fourth-order valence-corrected chi connectivity index (χ4v) is 4.61. The summed E-state index contributed by atoms with van der Waals surface area (Å²) in [5.41, 5.74) is 2.27. The molecule has 0 spiro atoms. The Bertz CT molecular complexity index is 571. The molecule has 2 rings (SSSR count). The quantitative estimate of drug-likeness (QED) is 0.676. The molecule has 1 atom stereocenters. The molecule has 0 radical (unpaired) electrons. The second-order valence-corrected chi connectivity index (χ2v) is 10.8. The summed E-state index contributed by atoms with van der Waals surface area (Å²) in [5.74, 6) is 0.309. The first-order valence-electron chi connectivity index (χ1n) is 8.79. The zero-order valence-corrected chi connectivity index (χ0v) is 17.6. The highest BCUT2D eigenvalue weighted by atomic mass is 28.4.